The maximum absolute atomic E-state index is 10.9. The van der Waals surface area contributed by atoms with E-state index in [0.29, 0.717) is 21.0 Å². The number of hydrogen-bond donors (Lipinski definition) is 1. The Kier molecular flexibility index (Phi) is 4.50. The number of hydrogen-bond acceptors (Lipinski definition) is 2. The first-order valence-electron chi connectivity index (χ1n) is 5.13. The van der Waals surface area contributed by atoms with Gasteiger partial charge in [0.25, 0.3) is 0 Å². The van der Waals surface area contributed by atoms with Crippen molar-refractivity contribution >= 4 is 49.4 Å². The van der Waals surface area contributed by atoms with Gasteiger partial charge >= 0.3 is 5.97 Å². The number of carboxylic acids is 1. The van der Waals surface area contributed by atoms with Crippen LogP contribution in [0.15, 0.2) is 45.3 Å². The predicted molar refractivity (Wildman–Crippen MR) is 80.3 cm³/mol. The van der Waals surface area contributed by atoms with Gasteiger partial charge in [-0.05, 0) is 52.3 Å². The molecule has 0 saturated carbocycles. The van der Waals surface area contributed by atoms with Crippen LogP contribution in [-0.2, 0) is 0 Å². The highest BCUT2D eigenvalue weighted by Gasteiger charge is 2.10. The molecular formula is C13H7Br2ClO3. The Bertz CT molecular complexity index is 644. The first kappa shape index (κ1) is 14.4. The average Bonchev–Trinajstić information content (AvgIpc) is 2.32. The number of carboxylic acid groups (broad SMARTS) is 1. The normalized spacial score (nSPS) is 10.3. The number of ether oxygens (including phenoxy) is 1. The fraction of sp³-hybridized carbons (Fsp3) is 0. The van der Waals surface area contributed by atoms with Gasteiger partial charge in [-0.3, -0.25) is 0 Å². The van der Waals surface area contributed by atoms with Crippen molar-refractivity contribution in [2.75, 3.05) is 0 Å². The lowest BCUT2D eigenvalue weighted by Gasteiger charge is -2.09. The van der Waals surface area contributed by atoms with E-state index in [1.165, 1.54) is 6.07 Å². The summed E-state index contributed by atoms with van der Waals surface area (Å²) in [4.78, 5) is 10.9. The van der Waals surface area contributed by atoms with Crippen LogP contribution in [0.25, 0.3) is 0 Å². The van der Waals surface area contributed by atoms with Crippen LogP contribution in [0, 0.1) is 0 Å². The summed E-state index contributed by atoms with van der Waals surface area (Å²) in [5.41, 5.74) is 0.175. The maximum Gasteiger partial charge on any atom is 0.336 e. The van der Waals surface area contributed by atoms with Gasteiger partial charge in [-0.25, -0.2) is 4.79 Å². The molecule has 0 aromatic heterocycles. The van der Waals surface area contributed by atoms with Crippen LogP contribution in [-0.4, -0.2) is 11.1 Å². The second kappa shape index (κ2) is 5.94. The van der Waals surface area contributed by atoms with Gasteiger partial charge in [-0.2, -0.15) is 0 Å². The highest BCUT2D eigenvalue weighted by atomic mass is 79.9. The second-order valence-electron chi connectivity index (χ2n) is 3.62. The lowest BCUT2D eigenvalue weighted by Crippen LogP contribution is -1.97. The van der Waals surface area contributed by atoms with Crippen LogP contribution in [0.2, 0.25) is 5.02 Å². The van der Waals surface area contributed by atoms with Crippen LogP contribution >= 0.6 is 43.5 Å². The molecule has 19 heavy (non-hydrogen) atoms. The van der Waals surface area contributed by atoms with Crippen LogP contribution in [0.1, 0.15) is 10.4 Å². The third-order valence-electron chi connectivity index (χ3n) is 2.29. The zero-order valence-corrected chi connectivity index (χ0v) is 13.3. The molecular weight excluding hydrogens is 399 g/mol. The molecule has 2 rings (SSSR count). The van der Waals surface area contributed by atoms with Gasteiger partial charge in [0.05, 0.1) is 10.6 Å². The number of benzene rings is 2. The van der Waals surface area contributed by atoms with E-state index in [0.717, 1.165) is 4.47 Å². The minimum absolute atomic E-state index is 0.175. The second-order valence-corrected chi connectivity index (χ2v) is 5.80. The monoisotopic (exact) mass is 404 g/mol. The fourth-order valence-electron chi connectivity index (χ4n) is 1.42. The maximum atomic E-state index is 10.9. The Labute approximate surface area is 131 Å². The minimum Gasteiger partial charge on any atom is -0.478 e. The van der Waals surface area contributed by atoms with Crippen molar-refractivity contribution in [3.8, 4) is 11.5 Å². The van der Waals surface area contributed by atoms with Gasteiger partial charge in [0, 0.05) is 8.95 Å². The minimum atomic E-state index is -1.000. The van der Waals surface area contributed by atoms with E-state index >= 15 is 0 Å². The molecule has 0 fully saturated rings. The van der Waals surface area contributed by atoms with Crippen LogP contribution in [0.4, 0.5) is 0 Å². The largest absolute Gasteiger partial charge is 0.478 e. The predicted octanol–water partition coefficient (Wildman–Crippen LogP) is 5.36. The van der Waals surface area contributed by atoms with E-state index in [2.05, 4.69) is 31.9 Å². The van der Waals surface area contributed by atoms with Crippen molar-refractivity contribution in [2.24, 2.45) is 0 Å². The van der Waals surface area contributed by atoms with Gasteiger partial charge in [-0.1, -0.05) is 27.5 Å². The zero-order chi connectivity index (χ0) is 14.0. The van der Waals surface area contributed by atoms with Gasteiger partial charge in [0.15, 0.2) is 0 Å². The Morgan fingerprint density at radius 2 is 1.89 bits per heavy atom. The quantitative estimate of drug-likeness (QED) is 0.747. The lowest BCUT2D eigenvalue weighted by molar-refractivity contribution is 0.0696. The molecule has 0 aliphatic carbocycles. The van der Waals surface area contributed by atoms with Crippen molar-refractivity contribution in [3.63, 3.8) is 0 Å². The molecule has 0 heterocycles. The molecule has 6 heteroatoms. The molecule has 3 nitrogen and oxygen atoms in total. The molecule has 98 valence electrons. The molecule has 0 aliphatic rings. The Hall–Kier alpha value is -1.04. The van der Waals surface area contributed by atoms with Crippen LogP contribution in [0.5, 0.6) is 11.5 Å². The smallest absolute Gasteiger partial charge is 0.336 e. The summed E-state index contributed by atoms with van der Waals surface area (Å²) < 4.78 is 6.91. The first-order chi connectivity index (χ1) is 8.97. The standard InChI is InChI=1S/C13H7Br2ClO3/c14-7-1-4-12(11(16)5-7)19-8-2-3-9(13(17)18)10(15)6-8/h1-6H,(H,17,18). The molecule has 0 atom stereocenters. The van der Waals surface area contributed by atoms with Gasteiger partial charge < -0.3 is 9.84 Å². The van der Waals surface area contributed by atoms with Crippen molar-refractivity contribution in [1.29, 1.82) is 0 Å². The Morgan fingerprint density at radius 1 is 1.16 bits per heavy atom. The molecule has 0 aliphatic heterocycles. The summed E-state index contributed by atoms with van der Waals surface area (Å²) in [5, 5.41) is 9.39. The lowest BCUT2D eigenvalue weighted by atomic mass is 10.2. The molecule has 0 bridgehead atoms. The highest BCUT2D eigenvalue weighted by molar-refractivity contribution is 9.10. The van der Waals surface area contributed by atoms with Gasteiger partial charge in [-0.15, -0.1) is 0 Å². The number of aromatic carboxylic acids is 1. The van der Waals surface area contributed by atoms with Gasteiger partial charge in [0.1, 0.15) is 11.5 Å². The topological polar surface area (TPSA) is 46.5 Å². The summed E-state index contributed by atoms with van der Waals surface area (Å²) in [6.07, 6.45) is 0. The van der Waals surface area contributed by atoms with Crippen molar-refractivity contribution in [3.05, 3.63) is 55.9 Å². The Balaban J connectivity index is 2.29. The molecule has 0 unspecified atom stereocenters. The van der Waals surface area contributed by atoms with E-state index < -0.39 is 5.97 Å². The van der Waals surface area contributed by atoms with E-state index in [4.69, 9.17) is 21.4 Å². The van der Waals surface area contributed by atoms with Crippen molar-refractivity contribution in [2.45, 2.75) is 0 Å². The SMILES string of the molecule is O=C(O)c1ccc(Oc2ccc(Br)cc2Cl)cc1Br. The number of halogens is 3. The molecule has 1 N–H and O–H groups in total. The first-order valence-corrected chi connectivity index (χ1v) is 7.09. The van der Waals surface area contributed by atoms with Crippen LogP contribution < -0.4 is 4.74 Å². The van der Waals surface area contributed by atoms with E-state index in [9.17, 15) is 4.79 Å². The van der Waals surface area contributed by atoms with Crippen molar-refractivity contribution in [1.82, 2.24) is 0 Å². The van der Waals surface area contributed by atoms with Gasteiger partial charge in [0.2, 0.25) is 0 Å². The summed E-state index contributed by atoms with van der Waals surface area (Å²) in [6, 6.07) is 9.88. The third kappa shape index (κ3) is 3.49. The van der Waals surface area contributed by atoms with Crippen LogP contribution in [0.3, 0.4) is 0 Å². The highest BCUT2D eigenvalue weighted by Crippen LogP contribution is 2.33. The molecule has 2 aromatic carbocycles. The van der Waals surface area contributed by atoms with E-state index in [1.54, 1.807) is 24.3 Å². The fourth-order valence-corrected chi connectivity index (χ4v) is 2.66. The third-order valence-corrected chi connectivity index (χ3v) is 3.74. The summed E-state index contributed by atoms with van der Waals surface area (Å²) in [5.74, 6) is 0.000961. The molecule has 0 amide bonds. The summed E-state index contributed by atoms with van der Waals surface area (Å²) in [7, 11) is 0. The number of rotatable bonds is 3. The average molecular weight is 406 g/mol. The summed E-state index contributed by atoms with van der Waals surface area (Å²) in [6.45, 7) is 0. The molecule has 0 radical (unpaired) electrons. The van der Waals surface area contributed by atoms with E-state index in [-0.39, 0.29) is 5.56 Å². The molecule has 0 saturated heterocycles. The summed E-state index contributed by atoms with van der Waals surface area (Å²) >= 11 is 12.5. The van der Waals surface area contributed by atoms with Crippen molar-refractivity contribution < 1.29 is 14.6 Å². The molecule has 0 spiro atoms. The zero-order valence-electron chi connectivity index (χ0n) is 9.36. The van der Waals surface area contributed by atoms with E-state index in [1.807, 2.05) is 6.07 Å². The Morgan fingerprint density at radius 3 is 2.47 bits per heavy atom. The molecule has 2 aromatic rings. The number of carbonyl (C=O) groups is 1.